The number of fused-ring (bicyclic) bond motifs is 1. The number of hydrogen-bond acceptors (Lipinski definition) is 3. The number of H-pyrrole nitrogens is 2. The molecule has 0 saturated heterocycles. The predicted molar refractivity (Wildman–Crippen MR) is 104 cm³/mol. The average molecular weight is 418 g/mol. The zero-order chi connectivity index (χ0) is 20.5. The molecule has 0 bridgehead atoms. The zero-order valence-corrected chi connectivity index (χ0v) is 15.6. The third-order valence-electron chi connectivity index (χ3n) is 4.40. The van der Waals surface area contributed by atoms with E-state index in [0.29, 0.717) is 11.0 Å². The van der Waals surface area contributed by atoms with Crippen molar-refractivity contribution in [3.8, 4) is 5.75 Å². The molecule has 0 radical (unpaired) electrons. The van der Waals surface area contributed by atoms with Crippen molar-refractivity contribution in [2.75, 3.05) is 0 Å². The largest absolute Gasteiger partial charge is 0.487 e. The summed E-state index contributed by atoms with van der Waals surface area (Å²) in [6.45, 7) is 0.0291. The van der Waals surface area contributed by atoms with Gasteiger partial charge in [-0.3, -0.25) is 4.79 Å². The third kappa shape index (κ3) is 3.93. The van der Waals surface area contributed by atoms with Crippen LogP contribution in [0.5, 0.6) is 5.75 Å². The molecule has 2 aromatic heterocycles. The van der Waals surface area contributed by atoms with Crippen molar-refractivity contribution in [3.63, 3.8) is 0 Å². The van der Waals surface area contributed by atoms with E-state index < -0.39 is 17.2 Å². The number of pyridine rings is 1. The summed E-state index contributed by atoms with van der Waals surface area (Å²) in [5.41, 5.74) is 1.44. The fraction of sp³-hybridized carbons (Fsp3) is 0.100. The number of halogens is 3. The van der Waals surface area contributed by atoms with Crippen LogP contribution in [0.3, 0.4) is 0 Å². The Kier molecular flexibility index (Phi) is 4.94. The van der Waals surface area contributed by atoms with Crippen LogP contribution in [0.15, 0.2) is 58.3 Å². The van der Waals surface area contributed by atoms with Gasteiger partial charge in [-0.1, -0.05) is 17.7 Å². The minimum Gasteiger partial charge on any atom is -0.487 e. The Hall–Kier alpha value is -3.39. The van der Waals surface area contributed by atoms with Gasteiger partial charge in [0.1, 0.15) is 29.0 Å². The minimum atomic E-state index is -0.743. The van der Waals surface area contributed by atoms with Crippen molar-refractivity contribution >= 4 is 22.6 Å². The molecule has 0 spiro atoms. The van der Waals surface area contributed by atoms with E-state index >= 15 is 0 Å². The van der Waals surface area contributed by atoms with Gasteiger partial charge in [-0.15, -0.1) is 0 Å². The zero-order valence-electron chi connectivity index (χ0n) is 14.8. The van der Waals surface area contributed by atoms with E-state index in [0.717, 1.165) is 17.7 Å². The molecular weight excluding hydrogens is 404 g/mol. The first-order valence-electron chi connectivity index (χ1n) is 8.57. The van der Waals surface area contributed by atoms with Gasteiger partial charge >= 0.3 is 5.69 Å². The Morgan fingerprint density at radius 2 is 1.79 bits per heavy atom. The van der Waals surface area contributed by atoms with Gasteiger partial charge in [-0.05, 0) is 35.9 Å². The lowest BCUT2D eigenvalue weighted by atomic mass is 10.2. The molecule has 2 N–H and O–H groups in total. The van der Waals surface area contributed by atoms with Crippen LogP contribution in [-0.4, -0.2) is 14.5 Å². The quantitative estimate of drug-likeness (QED) is 0.521. The van der Waals surface area contributed by atoms with Crippen LogP contribution >= 0.6 is 11.6 Å². The standard InChI is InChI=1S/C20H14ClF2N3O3/c21-18-17(29-10-12-2-3-13(22)8-14(12)23)5-6-26(19(18)27)9-11-1-4-15-16(7-11)25-20(28)24-15/h1-8H,9-10H2,(H2,24,25,28). The van der Waals surface area contributed by atoms with Crippen LogP contribution in [0.25, 0.3) is 11.0 Å². The van der Waals surface area contributed by atoms with Crippen LogP contribution in [0.2, 0.25) is 5.02 Å². The average Bonchev–Trinajstić information content (AvgIpc) is 3.05. The first-order valence-corrected chi connectivity index (χ1v) is 8.95. The second kappa shape index (κ2) is 7.56. The lowest BCUT2D eigenvalue weighted by Gasteiger charge is -2.11. The van der Waals surface area contributed by atoms with E-state index in [4.69, 9.17) is 16.3 Å². The van der Waals surface area contributed by atoms with Gasteiger partial charge in [-0.25, -0.2) is 13.6 Å². The Bertz CT molecular complexity index is 1330. The van der Waals surface area contributed by atoms with Crippen LogP contribution < -0.4 is 16.0 Å². The molecule has 0 aliphatic rings. The topological polar surface area (TPSA) is 79.9 Å². The summed E-state index contributed by atoms with van der Waals surface area (Å²) in [6, 6.07) is 9.93. The van der Waals surface area contributed by atoms with Gasteiger partial charge in [-0.2, -0.15) is 0 Å². The number of nitrogens with zero attached hydrogens (tertiary/aromatic N) is 1. The number of rotatable bonds is 5. The molecular formula is C20H14ClF2N3O3. The molecule has 2 aromatic carbocycles. The van der Waals surface area contributed by atoms with Crippen LogP contribution in [0.1, 0.15) is 11.1 Å². The number of benzene rings is 2. The van der Waals surface area contributed by atoms with E-state index in [1.807, 2.05) is 0 Å². The Morgan fingerprint density at radius 3 is 2.59 bits per heavy atom. The van der Waals surface area contributed by atoms with E-state index in [2.05, 4.69) is 9.97 Å². The second-order valence-corrected chi connectivity index (χ2v) is 6.79. The molecule has 148 valence electrons. The third-order valence-corrected chi connectivity index (χ3v) is 4.75. The smallest absolute Gasteiger partial charge is 0.323 e. The summed E-state index contributed by atoms with van der Waals surface area (Å²) in [5.74, 6) is -1.33. The number of hydrogen-bond donors (Lipinski definition) is 2. The maximum Gasteiger partial charge on any atom is 0.323 e. The van der Waals surface area contributed by atoms with Gasteiger partial charge in [0, 0.05) is 17.8 Å². The summed E-state index contributed by atoms with van der Waals surface area (Å²) in [5, 5.41) is -0.147. The van der Waals surface area contributed by atoms with Gasteiger partial charge in [0.25, 0.3) is 5.56 Å². The van der Waals surface area contributed by atoms with Crippen molar-refractivity contribution < 1.29 is 13.5 Å². The molecule has 0 amide bonds. The summed E-state index contributed by atoms with van der Waals surface area (Å²) in [7, 11) is 0. The van der Waals surface area contributed by atoms with Gasteiger partial charge in [0.05, 0.1) is 17.6 Å². The predicted octanol–water partition coefficient (Wildman–Crippen LogP) is 3.58. The lowest BCUT2D eigenvalue weighted by Crippen LogP contribution is -2.21. The number of aromatic amines is 2. The molecule has 2 heterocycles. The molecule has 0 aliphatic heterocycles. The highest BCUT2D eigenvalue weighted by Gasteiger charge is 2.12. The maximum absolute atomic E-state index is 13.7. The lowest BCUT2D eigenvalue weighted by molar-refractivity contribution is 0.298. The van der Waals surface area contributed by atoms with Crippen molar-refractivity contribution in [2.24, 2.45) is 0 Å². The van der Waals surface area contributed by atoms with Crippen molar-refractivity contribution in [1.29, 1.82) is 0 Å². The fourth-order valence-corrected chi connectivity index (χ4v) is 3.16. The summed E-state index contributed by atoms with van der Waals surface area (Å²) < 4.78 is 33.5. The molecule has 0 aliphatic carbocycles. The Balaban J connectivity index is 1.54. The fourth-order valence-electron chi connectivity index (χ4n) is 2.93. The van der Waals surface area contributed by atoms with Crippen LogP contribution in [0.4, 0.5) is 8.78 Å². The first kappa shape index (κ1) is 18.9. The van der Waals surface area contributed by atoms with Crippen molar-refractivity contribution in [1.82, 2.24) is 14.5 Å². The molecule has 4 rings (SSSR count). The van der Waals surface area contributed by atoms with E-state index in [1.54, 1.807) is 18.2 Å². The summed E-state index contributed by atoms with van der Waals surface area (Å²) >= 11 is 6.13. The second-order valence-electron chi connectivity index (χ2n) is 6.41. The number of nitrogens with one attached hydrogen (secondary N) is 2. The number of ether oxygens (including phenoxy) is 1. The maximum atomic E-state index is 13.7. The van der Waals surface area contributed by atoms with Crippen molar-refractivity contribution in [2.45, 2.75) is 13.2 Å². The van der Waals surface area contributed by atoms with E-state index in [9.17, 15) is 18.4 Å². The highest BCUT2D eigenvalue weighted by Crippen LogP contribution is 2.22. The van der Waals surface area contributed by atoms with Crippen LogP contribution in [0, 0.1) is 11.6 Å². The van der Waals surface area contributed by atoms with Gasteiger partial charge in [0.15, 0.2) is 0 Å². The number of imidazole rings is 1. The molecule has 4 aromatic rings. The van der Waals surface area contributed by atoms with Crippen molar-refractivity contribution in [3.05, 3.63) is 97.3 Å². The van der Waals surface area contributed by atoms with Crippen LogP contribution in [-0.2, 0) is 13.2 Å². The molecule has 0 fully saturated rings. The molecule has 29 heavy (non-hydrogen) atoms. The minimum absolute atomic E-state index is 0.0991. The summed E-state index contributed by atoms with van der Waals surface area (Å²) in [6.07, 6.45) is 1.51. The first-order chi connectivity index (χ1) is 13.9. The molecule has 6 nitrogen and oxygen atoms in total. The molecule has 0 unspecified atom stereocenters. The van der Waals surface area contributed by atoms with Gasteiger partial charge in [0.2, 0.25) is 0 Å². The Morgan fingerprint density at radius 1 is 1.00 bits per heavy atom. The summed E-state index contributed by atoms with van der Waals surface area (Å²) in [4.78, 5) is 29.2. The Labute approximate surface area is 167 Å². The molecule has 9 heteroatoms. The normalized spacial score (nSPS) is 11.1. The number of aromatic nitrogens is 3. The van der Waals surface area contributed by atoms with Gasteiger partial charge < -0.3 is 19.3 Å². The highest BCUT2D eigenvalue weighted by molar-refractivity contribution is 6.31. The molecule has 0 saturated carbocycles. The van der Waals surface area contributed by atoms with E-state index in [-0.39, 0.29) is 35.2 Å². The van der Waals surface area contributed by atoms with E-state index in [1.165, 1.54) is 22.9 Å². The molecule has 0 atom stereocenters. The monoisotopic (exact) mass is 417 g/mol. The highest BCUT2D eigenvalue weighted by atomic mass is 35.5. The SMILES string of the molecule is O=c1[nH]c2ccc(Cn3ccc(OCc4ccc(F)cc4F)c(Cl)c3=O)cc2[nH]1.